The molecule has 2 nitrogen and oxygen atoms in total. The lowest BCUT2D eigenvalue weighted by molar-refractivity contribution is -0.121. The number of amides is 1. The van der Waals surface area contributed by atoms with Crippen LogP contribution in [0.1, 0.15) is 30.0 Å². The number of fused-ring (bicyclic) bond motifs is 1. The lowest BCUT2D eigenvalue weighted by atomic mass is 10.0. The molecule has 0 fully saturated rings. The summed E-state index contributed by atoms with van der Waals surface area (Å²) >= 11 is 4.96. The Hall–Kier alpha value is -1.33. The minimum absolute atomic E-state index is 0.0112. The SMILES string of the molecule is O=C(CCc1cccc(Br)c1)NC1CCSc2c(F)cccc21. The van der Waals surface area contributed by atoms with Gasteiger partial charge in [-0.2, -0.15) is 0 Å². The molecule has 1 heterocycles. The van der Waals surface area contributed by atoms with Crippen LogP contribution in [0.5, 0.6) is 0 Å². The van der Waals surface area contributed by atoms with Crippen LogP contribution >= 0.6 is 27.7 Å². The highest BCUT2D eigenvalue weighted by molar-refractivity contribution is 9.10. The second-order valence-electron chi connectivity index (χ2n) is 5.55. The number of nitrogens with one attached hydrogen (secondary N) is 1. The maximum Gasteiger partial charge on any atom is 0.220 e. The first-order valence-corrected chi connectivity index (χ1v) is 9.36. The maximum atomic E-state index is 13.9. The van der Waals surface area contributed by atoms with Gasteiger partial charge in [-0.05, 0) is 42.2 Å². The van der Waals surface area contributed by atoms with E-state index >= 15 is 0 Å². The van der Waals surface area contributed by atoms with Gasteiger partial charge in [-0.3, -0.25) is 4.79 Å². The molecule has 0 spiro atoms. The molecule has 1 N–H and O–H groups in total. The number of hydrogen-bond donors (Lipinski definition) is 1. The van der Waals surface area contributed by atoms with E-state index in [4.69, 9.17) is 0 Å². The van der Waals surface area contributed by atoms with Crippen molar-refractivity contribution in [1.82, 2.24) is 5.32 Å². The minimum atomic E-state index is -0.194. The Balaban J connectivity index is 1.62. The summed E-state index contributed by atoms with van der Waals surface area (Å²) in [4.78, 5) is 12.9. The molecule has 0 radical (unpaired) electrons. The molecule has 0 bridgehead atoms. The van der Waals surface area contributed by atoms with Crippen molar-refractivity contribution < 1.29 is 9.18 Å². The molecule has 0 saturated heterocycles. The van der Waals surface area contributed by atoms with Gasteiger partial charge in [0.25, 0.3) is 0 Å². The van der Waals surface area contributed by atoms with Gasteiger partial charge in [-0.25, -0.2) is 4.39 Å². The van der Waals surface area contributed by atoms with E-state index < -0.39 is 0 Å². The zero-order valence-electron chi connectivity index (χ0n) is 12.5. The molecular formula is C18H17BrFNOS. The zero-order valence-corrected chi connectivity index (χ0v) is 14.9. The minimum Gasteiger partial charge on any atom is -0.349 e. The fraction of sp³-hybridized carbons (Fsp3) is 0.278. The normalized spacial score (nSPS) is 16.7. The highest BCUT2D eigenvalue weighted by atomic mass is 79.9. The van der Waals surface area contributed by atoms with Crippen LogP contribution in [0.15, 0.2) is 51.8 Å². The summed E-state index contributed by atoms with van der Waals surface area (Å²) in [5, 5.41) is 3.06. The number of rotatable bonds is 4. The lowest BCUT2D eigenvalue weighted by Gasteiger charge is -2.26. The van der Waals surface area contributed by atoms with Gasteiger partial charge in [0.2, 0.25) is 5.91 Å². The molecule has 5 heteroatoms. The van der Waals surface area contributed by atoms with Crippen molar-refractivity contribution in [1.29, 1.82) is 0 Å². The van der Waals surface area contributed by atoms with E-state index in [2.05, 4.69) is 21.2 Å². The van der Waals surface area contributed by atoms with Crippen LogP contribution in [-0.4, -0.2) is 11.7 Å². The maximum absolute atomic E-state index is 13.9. The van der Waals surface area contributed by atoms with Crippen LogP contribution in [-0.2, 0) is 11.2 Å². The lowest BCUT2D eigenvalue weighted by Crippen LogP contribution is -2.31. The van der Waals surface area contributed by atoms with Crippen molar-refractivity contribution >= 4 is 33.6 Å². The largest absolute Gasteiger partial charge is 0.349 e. The topological polar surface area (TPSA) is 29.1 Å². The van der Waals surface area contributed by atoms with E-state index in [1.54, 1.807) is 6.07 Å². The molecular weight excluding hydrogens is 377 g/mol. The van der Waals surface area contributed by atoms with Crippen LogP contribution in [0.2, 0.25) is 0 Å². The molecule has 2 aromatic carbocycles. The first-order valence-electron chi connectivity index (χ1n) is 7.58. The van der Waals surface area contributed by atoms with Crippen LogP contribution < -0.4 is 5.32 Å². The summed E-state index contributed by atoms with van der Waals surface area (Å²) in [6.45, 7) is 0. The fourth-order valence-electron chi connectivity index (χ4n) is 2.75. The summed E-state index contributed by atoms with van der Waals surface area (Å²) in [6, 6.07) is 13.0. The predicted molar refractivity (Wildman–Crippen MR) is 95.1 cm³/mol. The van der Waals surface area contributed by atoms with E-state index in [1.165, 1.54) is 17.8 Å². The molecule has 1 aliphatic heterocycles. The van der Waals surface area contributed by atoms with Crippen LogP contribution in [0.3, 0.4) is 0 Å². The summed E-state index contributed by atoms with van der Waals surface area (Å²) < 4.78 is 14.9. The van der Waals surface area contributed by atoms with Crippen molar-refractivity contribution in [3.05, 3.63) is 63.9 Å². The first-order chi connectivity index (χ1) is 11.1. The van der Waals surface area contributed by atoms with Gasteiger partial charge in [-0.1, -0.05) is 40.2 Å². The van der Waals surface area contributed by atoms with E-state index in [0.29, 0.717) is 17.7 Å². The van der Waals surface area contributed by atoms with Crippen molar-refractivity contribution in [2.45, 2.75) is 30.2 Å². The first kappa shape index (κ1) is 16.5. The molecule has 23 heavy (non-hydrogen) atoms. The molecule has 1 atom stereocenters. The average Bonchev–Trinajstić information content (AvgIpc) is 2.54. The van der Waals surface area contributed by atoms with Crippen molar-refractivity contribution in [3.8, 4) is 0 Å². The highest BCUT2D eigenvalue weighted by Crippen LogP contribution is 2.37. The second-order valence-corrected chi connectivity index (χ2v) is 7.57. The molecule has 3 rings (SSSR count). The Morgan fingerprint density at radius 3 is 2.96 bits per heavy atom. The molecule has 0 aliphatic carbocycles. The van der Waals surface area contributed by atoms with E-state index in [9.17, 15) is 9.18 Å². The van der Waals surface area contributed by atoms with Crippen molar-refractivity contribution in [2.24, 2.45) is 0 Å². The standard InChI is InChI=1S/C18H17BrFNOS/c19-13-4-1-3-12(11-13)7-8-17(22)21-16-9-10-23-18-14(16)5-2-6-15(18)20/h1-6,11,16H,7-10H2,(H,21,22). The summed E-state index contributed by atoms with van der Waals surface area (Å²) in [6.07, 6.45) is 1.97. The highest BCUT2D eigenvalue weighted by Gasteiger charge is 2.24. The number of carbonyl (C=O) groups excluding carboxylic acids is 1. The van der Waals surface area contributed by atoms with Crippen molar-refractivity contribution in [3.63, 3.8) is 0 Å². The van der Waals surface area contributed by atoms with Gasteiger partial charge in [0.05, 0.1) is 6.04 Å². The molecule has 1 unspecified atom stereocenters. The van der Waals surface area contributed by atoms with Crippen molar-refractivity contribution in [2.75, 3.05) is 5.75 Å². The van der Waals surface area contributed by atoms with Gasteiger partial charge < -0.3 is 5.32 Å². The zero-order chi connectivity index (χ0) is 16.2. The second kappa shape index (κ2) is 7.49. The number of benzene rings is 2. The number of hydrogen-bond acceptors (Lipinski definition) is 2. The third-order valence-corrected chi connectivity index (χ3v) is 5.54. The van der Waals surface area contributed by atoms with Gasteiger partial charge in [0.1, 0.15) is 5.82 Å². The molecule has 0 saturated carbocycles. The molecule has 0 aromatic heterocycles. The summed E-state index contributed by atoms with van der Waals surface area (Å²) in [5.74, 6) is 0.641. The predicted octanol–water partition coefficient (Wildman–Crippen LogP) is 4.87. The fourth-order valence-corrected chi connectivity index (χ4v) is 4.34. The van der Waals surface area contributed by atoms with Gasteiger partial charge in [0.15, 0.2) is 0 Å². The van der Waals surface area contributed by atoms with Crippen LogP contribution in [0, 0.1) is 5.82 Å². The average molecular weight is 394 g/mol. The van der Waals surface area contributed by atoms with E-state index in [1.807, 2.05) is 30.3 Å². The quantitative estimate of drug-likeness (QED) is 0.802. The number of thioether (sulfide) groups is 1. The number of aryl methyl sites for hydroxylation is 1. The van der Waals surface area contributed by atoms with Gasteiger partial charge in [-0.15, -0.1) is 11.8 Å². The Morgan fingerprint density at radius 2 is 2.13 bits per heavy atom. The summed E-state index contributed by atoms with van der Waals surface area (Å²) in [5.41, 5.74) is 2.03. The Kier molecular flexibility index (Phi) is 5.38. The molecule has 2 aromatic rings. The third-order valence-electron chi connectivity index (χ3n) is 3.89. The Labute approximate surface area is 148 Å². The smallest absolute Gasteiger partial charge is 0.220 e. The number of halogens is 2. The third kappa shape index (κ3) is 4.15. The monoisotopic (exact) mass is 393 g/mol. The van der Waals surface area contributed by atoms with Gasteiger partial charge >= 0.3 is 0 Å². The Bertz CT molecular complexity index is 722. The van der Waals surface area contributed by atoms with Gasteiger partial charge in [0, 0.05) is 21.5 Å². The molecule has 120 valence electrons. The Morgan fingerprint density at radius 1 is 1.30 bits per heavy atom. The van der Waals surface area contributed by atoms with Crippen LogP contribution in [0.4, 0.5) is 4.39 Å². The summed E-state index contributed by atoms with van der Waals surface area (Å²) in [7, 11) is 0. The van der Waals surface area contributed by atoms with Crippen LogP contribution in [0.25, 0.3) is 0 Å². The molecule has 1 aliphatic rings. The van der Waals surface area contributed by atoms with E-state index in [0.717, 1.165) is 27.8 Å². The number of carbonyl (C=O) groups is 1. The molecule has 1 amide bonds. The van der Waals surface area contributed by atoms with E-state index in [-0.39, 0.29) is 17.8 Å².